The van der Waals surface area contributed by atoms with Crippen LogP contribution in [-0.4, -0.2) is 19.3 Å². The second-order valence-electron chi connectivity index (χ2n) is 3.34. The normalized spacial score (nSPS) is 10.5. The van der Waals surface area contributed by atoms with Crippen molar-refractivity contribution in [3.05, 3.63) is 46.9 Å². The Labute approximate surface area is 87.0 Å². The third-order valence-corrected chi connectivity index (χ3v) is 2.20. The highest BCUT2D eigenvalue weighted by Gasteiger charge is 1.99. The van der Waals surface area contributed by atoms with Crippen LogP contribution in [0.3, 0.4) is 0 Å². The lowest BCUT2D eigenvalue weighted by molar-refractivity contribution is 0.517. The van der Waals surface area contributed by atoms with Gasteiger partial charge in [-0.3, -0.25) is 14.0 Å². The molecule has 0 radical (unpaired) electrons. The lowest BCUT2D eigenvalue weighted by Crippen LogP contribution is -2.24. The highest BCUT2D eigenvalue weighted by Crippen LogP contribution is 1.89. The Morgan fingerprint density at radius 1 is 1.40 bits per heavy atom. The summed E-state index contributed by atoms with van der Waals surface area (Å²) >= 11 is 0. The van der Waals surface area contributed by atoms with Crippen molar-refractivity contribution in [1.82, 2.24) is 19.3 Å². The quantitative estimate of drug-likeness (QED) is 0.729. The molecule has 0 N–H and O–H groups in total. The van der Waals surface area contributed by atoms with Crippen LogP contribution in [0.25, 0.3) is 0 Å². The minimum Gasteiger partial charge on any atom is -0.297 e. The molecule has 2 heterocycles. The molecule has 0 aromatic carbocycles. The first kappa shape index (κ1) is 9.64. The van der Waals surface area contributed by atoms with Gasteiger partial charge in [-0.25, -0.2) is 4.98 Å². The summed E-state index contributed by atoms with van der Waals surface area (Å²) in [5.41, 5.74) is 0.676. The third-order valence-electron chi connectivity index (χ3n) is 2.20. The van der Waals surface area contributed by atoms with E-state index in [1.54, 1.807) is 34.9 Å². The molecule has 0 spiro atoms. The Kier molecular flexibility index (Phi) is 2.62. The van der Waals surface area contributed by atoms with Crippen molar-refractivity contribution < 1.29 is 0 Å². The minimum absolute atomic E-state index is 0.0113. The Morgan fingerprint density at radius 2 is 2.27 bits per heavy atom. The molecule has 2 aromatic heterocycles. The molecular weight excluding hydrogens is 192 g/mol. The first-order valence-corrected chi connectivity index (χ1v) is 4.76. The van der Waals surface area contributed by atoms with Crippen molar-refractivity contribution in [2.75, 3.05) is 0 Å². The largest absolute Gasteiger partial charge is 0.297 e. The lowest BCUT2D eigenvalue weighted by Gasteiger charge is -2.05. The summed E-state index contributed by atoms with van der Waals surface area (Å²) < 4.78 is 3.38. The molecule has 15 heavy (non-hydrogen) atoms. The number of aryl methyl sites for hydroxylation is 3. The van der Waals surface area contributed by atoms with Gasteiger partial charge in [0.15, 0.2) is 0 Å². The lowest BCUT2D eigenvalue weighted by atomic mass is 10.4. The van der Waals surface area contributed by atoms with E-state index in [-0.39, 0.29) is 5.56 Å². The third kappa shape index (κ3) is 2.12. The Morgan fingerprint density at radius 3 is 3.00 bits per heavy atom. The molecule has 0 saturated heterocycles. The van der Waals surface area contributed by atoms with Gasteiger partial charge in [0.2, 0.25) is 0 Å². The van der Waals surface area contributed by atoms with Gasteiger partial charge in [-0.05, 0) is 13.0 Å². The summed E-state index contributed by atoms with van der Waals surface area (Å²) in [7, 11) is 0. The van der Waals surface area contributed by atoms with E-state index in [0.29, 0.717) is 18.7 Å². The smallest absolute Gasteiger partial charge is 0.256 e. The molecule has 5 heteroatoms. The highest BCUT2D eigenvalue weighted by molar-refractivity contribution is 5.00. The van der Waals surface area contributed by atoms with Gasteiger partial charge in [0.05, 0.1) is 12.9 Å². The Hall–Kier alpha value is -1.91. The second kappa shape index (κ2) is 4.08. The predicted octanol–water partition coefficient (Wildman–Crippen LogP) is 0.448. The molecular formula is C10H12N4O. The summed E-state index contributed by atoms with van der Waals surface area (Å²) in [6, 6.07) is 1.86. The van der Waals surface area contributed by atoms with Crippen molar-refractivity contribution in [2.24, 2.45) is 0 Å². The van der Waals surface area contributed by atoms with Gasteiger partial charge in [0.1, 0.15) is 0 Å². The van der Waals surface area contributed by atoms with Crippen molar-refractivity contribution in [3.63, 3.8) is 0 Å². The van der Waals surface area contributed by atoms with Gasteiger partial charge in [0.25, 0.3) is 5.56 Å². The zero-order valence-electron chi connectivity index (χ0n) is 8.50. The van der Waals surface area contributed by atoms with E-state index < -0.39 is 0 Å². The Balaban J connectivity index is 2.12. The number of aromatic nitrogens is 4. The number of rotatable bonds is 3. The maximum atomic E-state index is 11.6. The molecule has 0 aliphatic carbocycles. The van der Waals surface area contributed by atoms with E-state index in [9.17, 15) is 4.79 Å². The maximum Gasteiger partial charge on any atom is 0.256 e. The van der Waals surface area contributed by atoms with Crippen LogP contribution in [0.5, 0.6) is 0 Å². The van der Waals surface area contributed by atoms with E-state index in [0.717, 1.165) is 0 Å². The zero-order valence-corrected chi connectivity index (χ0v) is 8.50. The first-order chi connectivity index (χ1) is 7.27. The summed E-state index contributed by atoms with van der Waals surface area (Å²) in [6.07, 6.45) is 6.72. The predicted molar refractivity (Wildman–Crippen MR) is 55.5 cm³/mol. The van der Waals surface area contributed by atoms with Gasteiger partial charge in [0, 0.05) is 30.7 Å². The summed E-state index contributed by atoms with van der Waals surface area (Å²) in [5.74, 6) is 0. The average Bonchev–Trinajstić information content (AvgIpc) is 2.73. The standard InChI is InChI=1S/C10H12N4O/c1-9-7-11-8-13(10(9)15)5-6-14-4-2-3-12-14/h2-4,7-8H,5-6H2,1H3. The fraction of sp³-hybridized carbons (Fsp3) is 0.300. The van der Waals surface area contributed by atoms with Gasteiger partial charge in [-0.1, -0.05) is 0 Å². The zero-order chi connectivity index (χ0) is 10.7. The minimum atomic E-state index is 0.0113. The molecule has 2 rings (SSSR count). The van der Waals surface area contributed by atoms with E-state index in [1.165, 1.54) is 0 Å². The van der Waals surface area contributed by atoms with Crippen LogP contribution in [0.2, 0.25) is 0 Å². The summed E-state index contributed by atoms with van der Waals surface area (Å²) in [5, 5.41) is 4.06. The molecule has 0 atom stereocenters. The van der Waals surface area contributed by atoms with E-state index in [1.807, 2.05) is 12.3 Å². The van der Waals surface area contributed by atoms with Crippen molar-refractivity contribution >= 4 is 0 Å². The summed E-state index contributed by atoms with van der Waals surface area (Å²) in [4.78, 5) is 15.6. The van der Waals surface area contributed by atoms with Crippen molar-refractivity contribution in [1.29, 1.82) is 0 Å². The van der Waals surface area contributed by atoms with Crippen LogP contribution in [0, 0.1) is 6.92 Å². The van der Waals surface area contributed by atoms with Crippen LogP contribution in [-0.2, 0) is 13.1 Å². The fourth-order valence-electron chi connectivity index (χ4n) is 1.36. The molecule has 5 nitrogen and oxygen atoms in total. The molecule has 0 bridgehead atoms. The Bertz CT molecular complexity index is 486. The van der Waals surface area contributed by atoms with Crippen LogP contribution >= 0.6 is 0 Å². The second-order valence-corrected chi connectivity index (χ2v) is 3.34. The van der Waals surface area contributed by atoms with Gasteiger partial charge >= 0.3 is 0 Å². The van der Waals surface area contributed by atoms with Crippen LogP contribution in [0.4, 0.5) is 0 Å². The number of hydrogen-bond acceptors (Lipinski definition) is 3. The monoisotopic (exact) mass is 204 g/mol. The molecule has 0 aliphatic heterocycles. The van der Waals surface area contributed by atoms with Crippen LogP contribution < -0.4 is 5.56 Å². The topological polar surface area (TPSA) is 52.7 Å². The van der Waals surface area contributed by atoms with Gasteiger partial charge < -0.3 is 0 Å². The van der Waals surface area contributed by atoms with Crippen molar-refractivity contribution in [2.45, 2.75) is 20.0 Å². The van der Waals surface area contributed by atoms with E-state index in [4.69, 9.17) is 0 Å². The average molecular weight is 204 g/mol. The molecule has 0 unspecified atom stereocenters. The maximum absolute atomic E-state index is 11.6. The van der Waals surface area contributed by atoms with E-state index >= 15 is 0 Å². The van der Waals surface area contributed by atoms with E-state index in [2.05, 4.69) is 10.1 Å². The van der Waals surface area contributed by atoms with Crippen LogP contribution in [0.1, 0.15) is 5.56 Å². The molecule has 0 amide bonds. The van der Waals surface area contributed by atoms with Crippen LogP contribution in [0.15, 0.2) is 35.8 Å². The van der Waals surface area contributed by atoms with Gasteiger partial charge in [-0.2, -0.15) is 5.10 Å². The molecule has 2 aromatic rings. The fourth-order valence-corrected chi connectivity index (χ4v) is 1.36. The molecule has 0 fully saturated rings. The SMILES string of the molecule is Cc1cncn(CCn2cccn2)c1=O. The summed E-state index contributed by atoms with van der Waals surface area (Å²) in [6.45, 7) is 3.03. The number of hydrogen-bond donors (Lipinski definition) is 0. The molecule has 0 aliphatic rings. The molecule has 0 saturated carbocycles. The van der Waals surface area contributed by atoms with Gasteiger partial charge in [-0.15, -0.1) is 0 Å². The number of nitrogens with zero attached hydrogens (tertiary/aromatic N) is 4. The molecule has 78 valence electrons. The highest BCUT2D eigenvalue weighted by atomic mass is 16.1. The first-order valence-electron chi connectivity index (χ1n) is 4.76. The van der Waals surface area contributed by atoms with Crippen molar-refractivity contribution in [3.8, 4) is 0 Å².